The van der Waals surface area contributed by atoms with Gasteiger partial charge in [0.15, 0.2) is 0 Å². The van der Waals surface area contributed by atoms with E-state index < -0.39 is 0 Å². The molecule has 2 N–H and O–H groups in total. The van der Waals surface area contributed by atoms with Gasteiger partial charge in [0, 0.05) is 19.1 Å². The fourth-order valence-corrected chi connectivity index (χ4v) is 3.76. The largest absolute Gasteiger partial charge is 0.327 e. The quantitative estimate of drug-likeness (QED) is 0.851. The molecule has 1 saturated carbocycles. The number of piperidine rings is 1. The highest BCUT2D eigenvalue weighted by Gasteiger charge is 2.26. The first-order chi connectivity index (χ1) is 8.29. The summed E-state index contributed by atoms with van der Waals surface area (Å²) < 4.78 is 0. The molecule has 0 aromatic heterocycles. The number of likely N-dealkylation sites (tertiary alicyclic amines) is 1. The number of hydrogen-bond donors (Lipinski definition) is 1. The summed E-state index contributed by atoms with van der Waals surface area (Å²) >= 11 is 0. The van der Waals surface area contributed by atoms with E-state index in [0.29, 0.717) is 6.04 Å². The molecule has 1 saturated heterocycles. The van der Waals surface area contributed by atoms with Crippen molar-refractivity contribution in [3.05, 3.63) is 0 Å². The minimum Gasteiger partial charge on any atom is -0.327 e. The van der Waals surface area contributed by atoms with E-state index in [4.69, 9.17) is 5.73 Å². The van der Waals surface area contributed by atoms with Crippen LogP contribution in [0.15, 0.2) is 0 Å². The Morgan fingerprint density at radius 2 is 1.89 bits per heavy atom. The maximum Gasteiger partial charge on any atom is 0.00793 e. The van der Waals surface area contributed by atoms with Crippen molar-refractivity contribution in [1.82, 2.24) is 4.90 Å². The zero-order valence-electron chi connectivity index (χ0n) is 11.9. The van der Waals surface area contributed by atoms with Crippen LogP contribution < -0.4 is 5.73 Å². The molecule has 0 radical (unpaired) electrons. The van der Waals surface area contributed by atoms with Gasteiger partial charge in [0.25, 0.3) is 0 Å². The van der Waals surface area contributed by atoms with Crippen LogP contribution in [0.1, 0.15) is 58.3 Å². The van der Waals surface area contributed by atoms with Gasteiger partial charge in [-0.2, -0.15) is 0 Å². The lowest BCUT2D eigenvalue weighted by Gasteiger charge is -2.38. The van der Waals surface area contributed by atoms with Crippen LogP contribution in [-0.2, 0) is 0 Å². The lowest BCUT2D eigenvalue weighted by atomic mass is 9.84. The van der Waals surface area contributed by atoms with Gasteiger partial charge in [0.2, 0.25) is 0 Å². The lowest BCUT2D eigenvalue weighted by Crippen LogP contribution is -2.44. The van der Waals surface area contributed by atoms with E-state index in [1.54, 1.807) is 0 Å². The van der Waals surface area contributed by atoms with E-state index in [2.05, 4.69) is 11.8 Å². The van der Waals surface area contributed by atoms with E-state index in [9.17, 15) is 0 Å². The highest BCUT2D eigenvalue weighted by atomic mass is 35.5. The standard InChI is InChI=1S/C15H30N2.ClH/c1-2-6-13-7-5-10-17(11-13)12-14-8-3-4-9-15(14)16;/h13-15H,2-12,16H2,1H3;1H/t13?,14-,15+;/m0./s1. The Hall–Kier alpha value is 0.210. The van der Waals surface area contributed by atoms with Crippen LogP contribution in [-0.4, -0.2) is 30.6 Å². The normalized spacial score (nSPS) is 34.0. The molecule has 1 aliphatic heterocycles. The SMILES string of the molecule is CCCC1CCCN(C[C@@H]2CCCC[C@H]2N)C1.Cl. The van der Waals surface area contributed by atoms with Crippen molar-refractivity contribution in [3.8, 4) is 0 Å². The topological polar surface area (TPSA) is 29.3 Å². The second-order valence-electron chi connectivity index (χ2n) is 6.26. The van der Waals surface area contributed by atoms with Crippen molar-refractivity contribution in [2.24, 2.45) is 17.6 Å². The highest BCUT2D eigenvalue weighted by Crippen LogP contribution is 2.27. The van der Waals surface area contributed by atoms with Gasteiger partial charge in [-0.3, -0.25) is 0 Å². The summed E-state index contributed by atoms with van der Waals surface area (Å²) in [6.45, 7) is 6.26. The third-order valence-corrected chi connectivity index (χ3v) is 4.76. The molecule has 2 nitrogen and oxygen atoms in total. The molecule has 0 aromatic rings. The Kier molecular flexibility index (Phi) is 7.59. The number of hydrogen-bond acceptors (Lipinski definition) is 2. The highest BCUT2D eigenvalue weighted by molar-refractivity contribution is 5.85. The van der Waals surface area contributed by atoms with Crippen LogP contribution in [0.2, 0.25) is 0 Å². The van der Waals surface area contributed by atoms with Gasteiger partial charge >= 0.3 is 0 Å². The molecule has 18 heavy (non-hydrogen) atoms. The van der Waals surface area contributed by atoms with Gasteiger partial charge in [-0.25, -0.2) is 0 Å². The monoisotopic (exact) mass is 274 g/mol. The molecular formula is C15H31ClN2. The summed E-state index contributed by atoms with van der Waals surface area (Å²) in [5, 5.41) is 0. The van der Waals surface area contributed by atoms with Crippen molar-refractivity contribution in [2.75, 3.05) is 19.6 Å². The number of nitrogens with zero attached hydrogens (tertiary/aromatic N) is 1. The molecule has 0 aromatic carbocycles. The lowest BCUT2D eigenvalue weighted by molar-refractivity contribution is 0.125. The molecule has 3 atom stereocenters. The Morgan fingerprint density at radius 3 is 2.61 bits per heavy atom. The van der Waals surface area contributed by atoms with Crippen LogP contribution in [0, 0.1) is 11.8 Å². The summed E-state index contributed by atoms with van der Waals surface area (Å²) in [6, 6.07) is 0.482. The minimum atomic E-state index is 0. The Balaban J connectivity index is 0.00000162. The molecule has 2 rings (SSSR count). The third-order valence-electron chi connectivity index (χ3n) is 4.76. The maximum atomic E-state index is 6.26. The van der Waals surface area contributed by atoms with E-state index in [-0.39, 0.29) is 12.4 Å². The van der Waals surface area contributed by atoms with Crippen LogP contribution in [0.5, 0.6) is 0 Å². The Labute approximate surface area is 119 Å². The maximum absolute atomic E-state index is 6.26. The third kappa shape index (κ3) is 4.71. The summed E-state index contributed by atoms with van der Waals surface area (Å²) in [5.74, 6) is 1.75. The van der Waals surface area contributed by atoms with E-state index in [1.165, 1.54) is 71.0 Å². The number of halogens is 1. The average Bonchev–Trinajstić information content (AvgIpc) is 2.33. The van der Waals surface area contributed by atoms with Crippen LogP contribution >= 0.6 is 12.4 Å². The first-order valence-electron chi connectivity index (χ1n) is 7.77. The second kappa shape index (κ2) is 8.39. The van der Waals surface area contributed by atoms with Crippen molar-refractivity contribution in [2.45, 2.75) is 64.3 Å². The minimum absolute atomic E-state index is 0. The number of nitrogens with two attached hydrogens (primary N) is 1. The van der Waals surface area contributed by atoms with E-state index in [0.717, 1.165) is 11.8 Å². The summed E-state index contributed by atoms with van der Waals surface area (Å²) in [6.07, 6.45) is 11.0. The number of rotatable bonds is 4. The predicted molar refractivity (Wildman–Crippen MR) is 81.3 cm³/mol. The van der Waals surface area contributed by atoms with Crippen LogP contribution in [0.25, 0.3) is 0 Å². The summed E-state index contributed by atoms with van der Waals surface area (Å²) in [5.41, 5.74) is 6.26. The van der Waals surface area contributed by atoms with Crippen molar-refractivity contribution in [1.29, 1.82) is 0 Å². The molecule has 1 heterocycles. The summed E-state index contributed by atoms with van der Waals surface area (Å²) in [7, 11) is 0. The van der Waals surface area contributed by atoms with E-state index in [1.807, 2.05) is 0 Å². The molecular weight excluding hydrogens is 244 g/mol. The van der Waals surface area contributed by atoms with Gasteiger partial charge in [-0.1, -0.05) is 26.2 Å². The fourth-order valence-electron chi connectivity index (χ4n) is 3.76. The van der Waals surface area contributed by atoms with Gasteiger partial charge in [-0.15, -0.1) is 12.4 Å². The molecule has 0 spiro atoms. The molecule has 1 unspecified atom stereocenters. The fraction of sp³-hybridized carbons (Fsp3) is 1.00. The molecule has 0 amide bonds. The van der Waals surface area contributed by atoms with Crippen LogP contribution in [0.4, 0.5) is 0 Å². The Bertz CT molecular complexity index is 221. The van der Waals surface area contributed by atoms with Crippen molar-refractivity contribution < 1.29 is 0 Å². The molecule has 2 aliphatic rings. The van der Waals surface area contributed by atoms with Crippen LogP contribution in [0.3, 0.4) is 0 Å². The van der Waals surface area contributed by atoms with Gasteiger partial charge in [0.05, 0.1) is 0 Å². The molecule has 1 aliphatic carbocycles. The first-order valence-corrected chi connectivity index (χ1v) is 7.77. The molecule has 0 bridgehead atoms. The predicted octanol–water partition coefficient (Wildman–Crippen LogP) is 3.44. The average molecular weight is 275 g/mol. The van der Waals surface area contributed by atoms with Crippen molar-refractivity contribution in [3.63, 3.8) is 0 Å². The first kappa shape index (κ1) is 16.3. The Morgan fingerprint density at radius 1 is 1.11 bits per heavy atom. The molecule has 108 valence electrons. The van der Waals surface area contributed by atoms with Gasteiger partial charge in [0.1, 0.15) is 0 Å². The smallest absolute Gasteiger partial charge is 0.00793 e. The van der Waals surface area contributed by atoms with Gasteiger partial charge < -0.3 is 10.6 Å². The zero-order chi connectivity index (χ0) is 12.1. The second-order valence-corrected chi connectivity index (χ2v) is 6.26. The summed E-state index contributed by atoms with van der Waals surface area (Å²) in [4.78, 5) is 2.71. The van der Waals surface area contributed by atoms with Gasteiger partial charge in [-0.05, 0) is 50.5 Å². The van der Waals surface area contributed by atoms with E-state index >= 15 is 0 Å². The molecule has 3 heteroatoms. The zero-order valence-corrected chi connectivity index (χ0v) is 12.8. The van der Waals surface area contributed by atoms with Crippen molar-refractivity contribution >= 4 is 12.4 Å². The molecule has 2 fully saturated rings.